The molecule has 0 saturated heterocycles. The summed E-state index contributed by atoms with van der Waals surface area (Å²) in [6.07, 6.45) is 0. The number of halogens is 1. The van der Waals surface area contributed by atoms with Crippen molar-refractivity contribution >= 4 is 0 Å². The van der Waals surface area contributed by atoms with E-state index in [1.165, 1.54) is 0 Å². The molecule has 3 aromatic rings. The van der Waals surface area contributed by atoms with Crippen LogP contribution in [0.15, 0.2) is 72.8 Å². The number of ether oxygens (including phenoxy) is 1. The van der Waals surface area contributed by atoms with E-state index in [9.17, 15) is 4.39 Å². The minimum Gasteiger partial charge on any atom is -0.497 e. The van der Waals surface area contributed by atoms with Crippen LogP contribution >= 0.6 is 0 Å². The van der Waals surface area contributed by atoms with Crippen LogP contribution in [0.4, 0.5) is 4.39 Å². The molecule has 0 heterocycles. The summed E-state index contributed by atoms with van der Waals surface area (Å²) < 4.78 is 19.5. The summed E-state index contributed by atoms with van der Waals surface area (Å²) in [4.78, 5) is 0. The van der Waals surface area contributed by atoms with Crippen LogP contribution in [0, 0.1) is 5.82 Å². The summed E-state index contributed by atoms with van der Waals surface area (Å²) in [5.41, 5.74) is 3.33. The number of methoxy groups -OCH3 is 1. The van der Waals surface area contributed by atoms with Crippen molar-refractivity contribution in [1.82, 2.24) is 0 Å². The lowest BCUT2D eigenvalue weighted by Crippen LogP contribution is -1.87. The quantitative estimate of drug-likeness (QED) is 0.642. The third-order valence-corrected chi connectivity index (χ3v) is 3.48. The Morgan fingerprint density at radius 2 is 1.38 bits per heavy atom. The Morgan fingerprint density at radius 3 is 2.00 bits per heavy atom. The van der Waals surface area contributed by atoms with E-state index in [0.29, 0.717) is 5.56 Å². The molecule has 0 fully saturated rings. The second kappa shape index (κ2) is 5.80. The fourth-order valence-electron chi connectivity index (χ4n) is 2.33. The summed E-state index contributed by atoms with van der Waals surface area (Å²) in [6.45, 7) is 0. The lowest BCUT2D eigenvalue weighted by atomic mass is 9.99. The molecule has 0 radical (unpaired) electrons. The SMILES string of the molecule is COc1ccc(-c2ccc(-c3ccccc3)c(F)c2)cc1. The predicted molar refractivity (Wildman–Crippen MR) is 83.8 cm³/mol. The van der Waals surface area contributed by atoms with Crippen LogP contribution < -0.4 is 4.74 Å². The van der Waals surface area contributed by atoms with Crippen molar-refractivity contribution in [2.45, 2.75) is 0 Å². The predicted octanol–water partition coefficient (Wildman–Crippen LogP) is 5.17. The molecule has 0 aromatic heterocycles. The van der Waals surface area contributed by atoms with Crippen LogP contribution in [0.5, 0.6) is 5.75 Å². The molecule has 0 unspecified atom stereocenters. The molecule has 0 aliphatic carbocycles. The van der Waals surface area contributed by atoms with E-state index in [0.717, 1.165) is 22.4 Å². The minimum atomic E-state index is -0.213. The van der Waals surface area contributed by atoms with Crippen LogP contribution in [0.3, 0.4) is 0 Å². The number of hydrogen-bond donors (Lipinski definition) is 0. The normalized spacial score (nSPS) is 10.4. The van der Waals surface area contributed by atoms with Crippen LogP contribution in [-0.2, 0) is 0 Å². The summed E-state index contributed by atoms with van der Waals surface area (Å²) in [5, 5.41) is 0. The summed E-state index contributed by atoms with van der Waals surface area (Å²) in [7, 11) is 1.63. The Labute approximate surface area is 123 Å². The first-order valence-electron chi connectivity index (χ1n) is 6.77. The van der Waals surface area contributed by atoms with Crippen LogP contribution in [0.2, 0.25) is 0 Å². The van der Waals surface area contributed by atoms with E-state index < -0.39 is 0 Å². The van der Waals surface area contributed by atoms with E-state index in [1.807, 2.05) is 66.7 Å². The van der Waals surface area contributed by atoms with Gasteiger partial charge in [0.15, 0.2) is 0 Å². The topological polar surface area (TPSA) is 9.23 Å². The lowest BCUT2D eigenvalue weighted by molar-refractivity contribution is 0.415. The molecule has 0 aliphatic heterocycles. The van der Waals surface area contributed by atoms with Gasteiger partial charge in [0.2, 0.25) is 0 Å². The third-order valence-electron chi connectivity index (χ3n) is 3.48. The maximum Gasteiger partial charge on any atom is 0.131 e. The Balaban J connectivity index is 1.97. The zero-order chi connectivity index (χ0) is 14.7. The Morgan fingerprint density at radius 1 is 0.714 bits per heavy atom. The van der Waals surface area contributed by atoms with Gasteiger partial charge in [-0.3, -0.25) is 0 Å². The van der Waals surface area contributed by atoms with Crippen molar-refractivity contribution in [3.8, 4) is 28.0 Å². The first-order valence-corrected chi connectivity index (χ1v) is 6.77. The highest BCUT2D eigenvalue weighted by molar-refractivity contribution is 5.71. The van der Waals surface area contributed by atoms with Crippen molar-refractivity contribution in [2.24, 2.45) is 0 Å². The highest BCUT2D eigenvalue weighted by Crippen LogP contribution is 2.28. The molecule has 2 heteroatoms. The van der Waals surface area contributed by atoms with Gasteiger partial charge < -0.3 is 4.74 Å². The molecule has 3 rings (SSSR count). The van der Waals surface area contributed by atoms with Gasteiger partial charge in [0.05, 0.1) is 7.11 Å². The molecule has 0 aliphatic rings. The van der Waals surface area contributed by atoms with Gasteiger partial charge in [-0.15, -0.1) is 0 Å². The monoisotopic (exact) mass is 278 g/mol. The smallest absolute Gasteiger partial charge is 0.131 e. The highest BCUT2D eigenvalue weighted by Gasteiger charge is 2.07. The van der Waals surface area contributed by atoms with Gasteiger partial charge in [0.25, 0.3) is 0 Å². The van der Waals surface area contributed by atoms with Gasteiger partial charge in [0, 0.05) is 5.56 Å². The van der Waals surface area contributed by atoms with Crippen LogP contribution in [-0.4, -0.2) is 7.11 Å². The minimum absolute atomic E-state index is 0.213. The molecule has 0 spiro atoms. The molecule has 104 valence electrons. The van der Waals surface area contributed by atoms with Crippen molar-refractivity contribution in [3.63, 3.8) is 0 Å². The van der Waals surface area contributed by atoms with E-state index in [1.54, 1.807) is 13.2 Å². The largest absolute Gasteiger partial charge is 0.497 e. The molecule has 0 bridgehead atoms. The first-order chi connectivity index (χ1) is 10.3. The average molecular weight is 278 g/mol. The Kier molecular flexibility index (Phi) is 3.69. The number of benzene rings is 3. The van der Waals surface area contributed by atoms with Crippen molar-refractivity contribution in [1.29, 1.82) is 0 Å². The van der Waals surface area contributed by atoms with E-state index in [-0.39, 0.29) is 5.82 Å². The van der Waals surface area contributed by atoms with Crippen molar-refractivity contribution < 1.29 is 9.13 Å². The maximum atomic E-state index is 14.3. The summed E-state index contributed by atoms with van der Waals surface area (Å²) in [5.74, 6) is 0.578. The first kappa shape index (κ1) is 13.4. The second-order valence-corrected chi connectivity index (χ2v) is 4.79. The fourth-order valence-corrected chi connectivity index (χ4v) is 2.33. The van der Waals surface area contributed by atoms with Gasteiger partial charge in [-0.05, 0) is 34.9 Å². The molecule has 0 N–H and O–H groups in total. The molecular formula is C19H15FO. The van der Waals surface area contributed by atoms with Gasteiger partial charge in [-0.2, -0.15) is 0 Å². The molecule has 0 saturated carbocycles. The zero-order valence-electron chi connectivity index (χ0n) is 11.7. The highest BCUT2D eigenvalue weighted by atomic mass is 19.1. The van der Waals surface area contributed by atoms with Gasteiger partial charge >= 0.3 is 0 Å². The molecule has 0 atom stereocenters. The zero-order valence-corrected chi connectivity index (χ0v) is 11.7. The third kappa shape index (κ3) is 2.79. The number of hydrogen-bond acceptors (Lipinski definition) is 1. The van der Waals surface area contributed by atoms with Crippen LogP contribution in [0.1, 0.15) is 0 Å². The summed E-state index contributed by atoms with van der Waals surface area (Å²) >= 11 is 0. The second-order valence-electron chi connectivity index (χ2n) is 4.79. The van der Waals surface area contributed by atoms with Crippen LogP contribution in [0.25, 0.3) is 22.3 Å². The van der Waals surface area contributed by atoms with E-state index >= 15 is 0 Å². The van der Waals surface area contributed by atoms with E-state index in [2.05, 4.69) is 0 Å². The standard InChI is InChI=1S/C19H15FO/c1-21-17-10-7-14(8-11-17)16-9-12-18(19(20)13-16)15-5-3-2-4-6-15/h2-13H,1H3. The molecular weight excluding hydrogens is 263 g/mol. The molecule has 0 amide bonds. The Hall–Kier alpha value is -2.61. The summed E-state index contributed by atoms with van der Waals surface area (Å²) in [6, 6.07) is 22.5. The molecule has 1 nitrogen and oxygen atoms in total. The number of rotatable bonds is 3. The Bertz CT molecular complexity index is 733. The van der Waals surface area contributed by atoms with E-state index in [4.69, 9.17) is 4.74 Å². The van der Waals surface area contributed by atoms with Gasteiger partial charge in [0.1, 0.15) is 11.6 Å². The van der Waals surface area contributed by atoms with Gasteiger partial charge in [-0.1, -0.05) is 54.6 Å². The molecule has 21 heavy (non-hydrogen) atoms. The molecule has 3 aromatic carbocycles. The van der Waals surface area contributed by atoms with Crippen molar-refractivity contribution in [2.75, 3.05) is 7.11 Å². The lowest BCUT2D eigenvalue weighted by Gasteiger charge is -2.07. The fraction of sp³-hybridized carbons (Fsp3) is 0.0526. The van der Waals surface area contributed by atoms with Gasteiger partial charge in [-0.25, -0.2) is 4.39 Å². The average Bonchev–Trinajstić information content (AvgIpc) is 2.55. The maximum absolute atomic E-state index is 14.3. The van der Waals surface area contributed by atoms with Crippen molar-refractivity contribution in [3.05, 3.63) is 78.6 Å².